The number of thiophene rings is 1. The van der Waals surface area contributed by atoms with Gasteiger partial charge in [-0.3, -0.25) is 4.68 Å². The van der Waals surface area contributed by atoms with Crippen molar-refractivity contribution >= 4 is 27.4 Å². The maximum atomic E-state index is 4.47. The predicted molar refractivity (Wildman–Crippen MR) is 84.7 cm³/mol. The highest BCUT2D eigenvalue weighted by Gasteiger charge is 2.21. The molecule has 108 valence electrons. The molecule has 0 saturated carbocycles. The summed E-state index contributed by atoms with van der Waals surface area (Å²) in [5, 5.41) is 8.99. The second-order valence-electron chi connectivity index (χ2n) is 5.49. The number of nitrogens with zero attached hydrogens (tertiary/aromatic N) is 4. The molecule has 0 atom stereocenters. The van der Waals surface area contributed by atoms with Crippen LogP contribution >= 0.6 is 11.3 Å². The van der Waals surface area contributed by atoms with E-state index in [1.807, 2.05) is 29.3 Å². The van der Waals surface area contributed by atoms with Crippen LogP contribution in [0.2, 0.25) is 0 Å². The summed E-state index contributed by atoms with van der Waals surface area (Å²) in [5.74, 6) is 0.961. The highest BCUT2D eigenvalue weighted by Crippen LogP contribution is 2.39. The van der Waals surface area contributed by atoms with E-state index in [1.165, 1.54) is 39.9 Å². The quantitative estimate of drug-likeness (QED) is 0.808. The summed E-state index contributed by atoms with van der Waals surface area (Å²) in [6.45, 7) is 2.83. The Morgan fingerprint density at radius 1 is 1.33 bits per heavy atom. The van der Waals surface area contributed by atoms with E-state index in [1.54, 1.807) is 6.33 Å². The van der Waals surface area contributed by atoms with Crippen LogP contribution in [0.3, 0.4) is 0 Å². The summed E-state index contributed by atoms with van der Waals surface area (Å²) in [4.78, 5) is 11.5. The standard InChI is InChI=1S/C15H17N5S/c1-9-10(7-19-20(9)2)6-16-14-13-11-4-3-5-12(11)21-15(13)18-8-17-14/h7-8H,3-6H2,1-2H3,(H,16,17,18). The first kappa shape index (κ1) is 12.8. The van der Waals surface area contributed by atoms with Crippen LogP contribution in [0, 0.1) is 6.92 Å². The van der Waals surface area contributed by atoms with Gasteiger partial charge in [0.25, 0.3) is 0 Å². The first-order valence-corrected chi connectivity index (χ1v) is 8.02. The van der Waals surface area contributed by atoms with Crippen LogP contribution < -0.4 is 5.32 Å². The fraction of sp³-hybridized carbons (Fsp3) is 0.400. The van der Waals surface area contributed by atoms with Crippen LogP contribution in [0.5, 0.6) is 0 Å². The Labute approximate surface area is 127 Å². The van der Waals surface area contributed by atoms with Gasteiger partial charge in [-0.05, 0) is 31.7 Å². The van der Waals surface area contributed by atoms with E-state index in [0.29, 0.717) is 0 Å². The highest BCUT2D eigenvalue weighted by atomic mass is 32.1. The van der Waals surface area contributed by atoms with Crippen molar-refractivity contribution in [2.75, 3.05) is 5.32 Å². The summed E-state index contributed by atoms with van der Waals surface area (Å²) in [5.41, 5.74) is 3.85. The van der Waals surface area contributed by atoms with Crippen LogP contribution in [0.15, 0.2) is 12.5 Å². The summed E-state index contributed by atoms with van der Waals surface area (Å²) < 4.78 is 1.90. The zero-order valence-corrected chi connectivity index (χ0v) is 13.0. The average molecular weight is 299 g/mol. The van der Waals surface area contributed by atoms with Crippen molar-refractivity contribution in [2.24, 2.45) is 7.05 Å². The molecule has 1 N–H and O–H groups in total. The van der Waals surface area contributed by atoms with Crippen molar-refractivity contribution in [3.8, 4) is 0 Å². The fourth-order valence-corrected chi connectivity index (χ4v) is 4.19. The fourth-order valence-electron chi connectivity index (χ4n) is 2.96. The van der Waals surface area contributed by atoms with E-state index < -0.39 is 0 Å². The van der Waals surface area contributed by atoms with E-state index in [9.17, 15) is 0 Å². The van der Waals surface area contributed by atoms with Gasteiger partial charge in [-0.2, -0.15) is 5.10 Å². The van der Waals surface area contributed by atoms with Crippen molar-refractivity contribution in [1.82, 2.24) is 19.7 Å². The molecule has 0 bridgehead atoms. The molecule has 6 heteroatoms. The molecule has 0 spiro atoms. The number of nitrogens with one attached hydrogen (secondary N) is 1. The normalized spacial score (nSPS) is 13.8. The second-order valence-corrected chi connectivity index (χ2v) is 6.58. The maximum Gasteiger partial charge on any atom is 0.138 e. The summed E-state index contributed by atoms with van der Waals surface area (Å²) in [6, 6.07) is 0. The number of rotatable bonds is 3. The van der Waals surface area contributed by atoms with Crippen molar-refractivity contribution < 1.29 is 0 Å². The number of fused-ring (bicyclic) bond motifs is 3. The molecule has 3 aromatic rings. The molecule has 5 nitrogen and oxygen atoms in total. The molecule has 0 amide bonds. The molecule has 3 aromatic heterocycles. The molecule has 1 aliphatic rings. The number of hydrogen-bond donors (Lipinski definition) is 1. The smallest absolute Gasteiger partial charge is 0.138 e. The van der Waals surface area contributed by atoms with Gasteiger partial charge >= 0.3 is 0 Å². The Kier molecular flexibility index (Phi) is 2.92. The van der Waals surface area contributed by atoms with Crippen LogP contribution in [-0.4, -0.2) is 19.7 Å². The van der Waals surface area contributed by atoms with Gasteiger partial charge in [0.15, 0.2) is 0 Å². The highest BCUT2D eigenvalue weighted by molar-refractivity contribution is 7.19. The molecule has 0 unspecified atom stereocenters. The lowest BCUT2D eigenvalue weighted by molar-refractivity contribution is 0.738. The van der Waals surface area contributed by atoms with Crippen LogP contribution in [0.25, 0.3) is 10.2 Å². The zero-order chi connectivity index (χ0) is 14.4. The van der Waals surface area contributed by atoms with E-state index >= 15 is 0 Å². The van der Waals surface area contributed by atoms with Gasteiger partial charge < -0.3 is 5.32 Å². The molecular weight excluding hydrogens is 282 g/mol. The minimum Gasteiger partial charge on any atom is -0.365 e. The zero-order valence-electron chi connectivity index (χ0n) is 12.2. The first-order chi connectivity index (χ1) is 10.2. The predicted octanol–water partition coefficient (Wildman–Crippen LogP) is 2.83. The lowest BCUT2D eigenvalue weighted by atomic mass is 10.2. The Bertz CT molecular complexity index is 817. The molecule has 0 aliphatic heterocycles. The largest absolute Gasteiger partial charge is 0.365 e. The molecule has 0 saturated heterocycles. The monoisotopic (exact) mass is 299 g/mol. The molecule has 0 radical (unpaired) electrons. The lowest BCUT2D eigenvalue weighted by Crippen LogP contribution is -2.04. The Balaban J connectivity index is 1.69. The van der Waals surface area contributed by atoms with Gasteiger partial charge in [0.1, 0.15) is 17.0 Å². The molecular formula is C15H17N5S. The van der Waals surface area contributed by atoms with Gasteiger partial charge in [0.05, 0.1) is 11.6 Å². The Hall–Kier alpha value is -1.95. The summed E-state index contributed by atoms with van der Waals surface area (Å²) in [7, 11) is 1.97. The lowest BCUT2D eigenvalue weighted by Gasteiger charge is -2.07. The topological polar surface area (TPSA) is 55.6 Å². The number of hydrogen-bond acceptors (Lipinski definition) is 5. The van der Waals surface area contributed by atoms with Gasteiger partial charge in [0, 0.05) is 29.7 Å². The molecule has 1 aliphatic carbocycles. The van der Waals surface area contributed by atoms with Crippen molar-refractivity contribution in [3.05, 3.63) is 34.2 Å². The SMILES string of the molecule is Cc1c(CNc2ncnc3sc4c(c23)CCC4)cnn1C. The van der Waals surface area contributed by atoms with E-state index in [2.05, 4.69) is 27.3 Å². The second kappa shape index (κ2) is 4.80. The van der Waals surface area contributed by atoms with Gasteiger partial charge in [-0.1, -0.05) is 0 Å². The van der Waals surface area contributed by atoms with Crippen LogP contribution in [-0.2, 0) is 26.4 Å². The van der Waals surface area contributed by atoms with Gasteiger partial charge in [0.2, 0.25) is 0 Å². The third-order valence-electron chi connectivity index (χ3n) is 4.28. The summed E-state index contributed by atoms with van der Waals surface area (Å²) >= 11 is 1.82. The molecule has 0 aromatic carbocycles. The maximum absolute atomic E-state index is 4.47. The number of aromatic nitrogens is 4. The Morgan fingerprint density at radius 2 is 2.24 bits per heavy atom. The van der Waals surface area contributed by atoms with E-state index in [0.717, 1.165) is 23.6 Å². The molecule has 0 fully saturated rings. The summed E-state index contributed by atoms with van der Waals surface area (Å²) in [6.07, 6.45) is 7.18. The minimum absolute atomic E-state index is 0.746. The van der Waals surface area contributed by atoms with Crippen LogP contribution in [0.1, 0.15) is 28.1 Å². The van der Waals surface area contributed by atoms with Crippen molar-refractivity contribution in [3.63, 3.8) is 0 Å². The average Bonchev–Trinajstić information content (AvgIpc) is 3.14. The van der Waals surface area contributed by atoms with Gasteiger partial charge in [-0.25, -0.2) is 9.97 Å². The number of aryl methyl sites for hydroxylation is 3. The molecule has 21 heavy (non-hydrogen) atoms. The Morgan fingerprint density at radius 3 is 3.05 bits per heavy atom. The molecule has 4 rings (SSSR count). The third-order valence-corrected chi connectivity index (χ3v) is 5.48. The third kappa shape index (κ3) is 2.01. The van der Waals surface area contributed by atoms with Crippen molar-refractivity contribution in [2.45, 2.75) is 32.7 Å². The van der Waals surface area contributed by atoms with Crippen LogP contribution in [0.4, 0.5) is 5.82 Å². The first-order valence-electron chi connectivity index (χ1n) is 7.20. The van der Waals surface area contributed by atoms with Gasteiger partial charge in [-0.15, -0.1) is 11.3 Å². The van der Waals surface area contributed by atoms with Crippen molar-refractivity contribution in [1.29, 1.82) is 0 Å². The number of anilines is 1. The van der Waals surface area contributed by atoms with E-state index in [4.69, 9.17) is 0 Å². The minimum atomic E-state index is 0.746. The van der Waals surface area contributed by atoms with E-state index in [-0.39, 0.29) is 0 Å². The molecule has 3 heterocycles.